The topological polar surface area (TPSA) is 113 Å². The Morgan fingerprint density at radius 1 is 1.31 bits per heavy atom. The van der Waals surface area contributed by atoms with Gasteiger partial charge in [-0.3, -0.25) is 10.1 Å². The van der Waals surface area contributed by atoms with E-state index in [0.29, 0.717) is 30.9 Å². The fraction of sp³-hybridized carbons (Fsp3) is 0.389. The number of aromatic nitrogens is 2. The summed E-state index contributed by atoms with van der Waals surface area (Å²) in [6, 6.07) is 9.49. The van der Waals surface area contributed by atoms with E-state index in [1.807, 2.05) is 37.3 Å². The third-order valence-electron chi connectivity index (χ3n) is 3.63. The number of carbonyl (C=O) groups excluding carboxylic acids is 1. The summed E-state index contributed by atoms with van der Waals surface area (Å²) < 4.78 is 5.43. The third-order valence-corrected chi connectivity index (χ3v) is 3.63. The first-order valence-electron chi connectivity index (χ1n) is 8.46. The van der Waals surface area contributed by atoms with Crippen LogP contribution in [0.3, 0.4) is 0 Å². The van der Waals surface area contributed by atoms with E-state index in [4.69, 9.17) is 10.3 Å². The highest BCUT2D eigenvalue weighted by atomic mass is 16.5. The Morgan fingerprint density at radius 2 is 2.04 bits per heavy atom. The molecule has 0 aliphatic heterocycles. The first kappa shape index (κ1) is 19.4. The molecule has 1 heterocycles. The molecular weight excluding hydrogens is 332 g/mol. The van der Waals surface area contributed by atoms with Crippen LogP contribution >= 0.6 is 0 Å². The smallest absolute Gasteiger partial charge is 0.230 e. The molecule has 8 heteroatoms. The van der Waals surface area contributed by atoms with Crippen molar-refractivity contribution in [3.05, 3.63) is 46.3 Å². The van der Waals surface area contributed by atoms with Gasteiger partial charge in [0.25, 0.3) is 0 Å². The Kier molecular flexibility index (Phi) is 7.08. The lowest BCUT2D eigenvalue weighted by Gasteiger charge is -2.14. The molecule has 0 atom stereocenters. The minimum Gasteiger partial charge on any atom is -0.381 e. The second-order valence-electron chi connectivity index (χ2n) is 5.84. The summed E-state index contributed by atoms with van der Waals surface area (Å²) in [5.74, 6) is -0.123. The van der Waals surface area contributed by atoms with Crippen molar-refractivity contribution in [1.82, 2.24) is 9.97 Å². The molecule has 0 spiro atoms. The van der Waals surface area contributed by atoms with Gasteiger partial charge in [-0.1, -0.05) is 44.2 Å². The highest BCUT2D eigenvalue weighted by Gasteiger charge is 2.17. The molecule has 1 N–H and O–H groups in total. The minimum atomic E-state index is -0.223. The number of rotatable bonds is 8. The Morgan fingerprint density at radius 3 is 2.65 bits per heavy atom. The van der Waals surface area contributed by atoms with Crippen LogP contribution in [0.1, 0.15) is 26.3 Å². The average Bonchev–Trinajstić information content (AvgIpc) is 2.64. The maximum Gasteiger partial charge on any atom is 0.230 e. The van der Waals surface area contributed by atoms with Gasteiger partial charge in [0.15, 0.2) is 0 Å². The van der Waals surface area contributed by atoms with Gasteiger partial charge >= 0.3 is 0 Å². The number of amides is 1. The van der Waals surface area contributed by atoms with Crippen LogP contribution in [-0.4, -0.2) is 29.1 Å². The second-order valence-corrected chi connectivity index (χ2v) is 5.84. The van der Waals surface area contributed by atoms with Crippen LogP contribution in [0.25, 0.3) is 21.7 Å². The number of carbonyl (C=O) groups is 1. The van der Waals surface area contributed by atoms with E-state index in [-0.39, 0.29) is 23.6 Å². The van der Waals surface area contributed by atoms with Crippen molar-refractivity contribution < 1.29 is 9.53 Å². The molecule has 0 aliphatic rings. The lowest BCUT2D eigenvalue weighted by atomic mass is 10.0. The number of azide groups is 1. The third kappa shape index (κ3) is 5.02. The number of benzene rings is 1. The summed E-state index contributed by atoms with van der Waals surface area (Å²) >= 11 is 0. The van der Waals surface area contributed by atoms with Crippen molar-refractivity contribution in [2.75, 3.05) is 18.5 Å². The Labute approximate surface area is 152 Å². The first-order valence-corrected chi connectivity index (χ1v) is 8.46. The number of nitrogens with zero attached hydrogens (tertiary/aromatic N) is 5. The number of nitrogens with one attached hydrogen (secondary N) is 1. The summed E-state index contributed by atoms with van der Waals surface area (Å²) in [5, 5.41) is 6.38. The maximum absolute atomic E-state index is 12.0. The Balaban J connectivity index is 2.56. The minimum absolute atomic E-state index is 0.116. The number of hydrogen-bond acceptors (Lipinski definition) is 5. The Bertz CT molecular complexity index is 801. The molecule has 1 aromatic carbocycles. The van der Waals surface area contributed by atoms with Crippen molar-refractivity contribution in [2.45, 2.75) is 27.2 Å². The van der Waals surface area contributed by atoms with Gasteiger partial charge in [-0.25, -0.2) is 9.97 Å². The lowest BCUT2D eigenvalue weighted by molar-refractivity contribution is -0.118. The fourth-order valence-electron chi connectivity index (χ4n) is 2.29. The average molecular weight is 354 g/mol. The molecular formula is C18H22N6O2. The van der Waals surface area contributed by atoms with Crippen LogP contribution < -0.4 is 5.32 Å². The van der Waals surface area contributed by atoms with E-state index < -0.39 is 0 Å². The standard InChI is InChI=1S/C18H22N6O2/c1-4-26-11-10-14-15(13-8-6-5-7-9-13)20-18(21-16(14)23-24-19)22-17(25)12(2)3/h5-9,12H,4,10-11H2,1-3H3,(H,20,21,22,25). The van der Waals surface area contributed by atoms with Gasteiger partial charge in [0.2, 0.25) is 11.9 Å². The molecule has 0 saturated carbocycles. The molecule has 0 bridgehead atoms. The van der Waals surface area contributed by atoms with E-state index in [0.717, 1.165) is 5.56 Å². The van der Waals surface area contributed by atoms with E-state index in [9.17, 15) is 4.79 Å². The van der Waals surface area contributed by atoms with Crippen LogP contribution in [-0.2, 0) is 16.0 Å². The molecule has 26 heavy (non-hydrogen) atoms. The number of ether oxygens (including phenoxy) is 1. The van der Waals surface area contributed by atoms with Gasteiger partial charge in [-0.2, -0.15) is 0 Å². The molecule has 2 rings (SSSR count). The van der Waals surface area contributed by atoms with E-state index in [1.165, 1.54) is 0 Å². The largest absolute Gasteiger partial charge is 0.381 e. The normalized spacial score (nSPS) is 10.5. The van der Waals surface area contributed by atoms with E-state index >= 15 is 0 Å². The Hall–Kier alpha value is -2.96. The van der Waals surface area contributed by atoms with Gasteiger partial charge in [-0.05, 0) is 24.0 Å². The van der Waals surface area contributed by atoms with Crippen LogP contribution in [0, 0.1) is 5.92 Å². The van der Waals surface area contributed by atoms with Crippen LogP contribution in [0.5, 0.6) is 0 Å². The SMILES string of the molecule is CCOCCc1c(N=[N+]=[N-])nc(NC(=O)C(C)C)nc1-c1ccccc1. The molecule has 0 saturated heterocycles. The van der Waals surface area contributed by atoms with Crippen LogP contribution in [0.2, 0.25) is 0 Å². The summed E-state index contributed by atoms with van der Waals surface area (Å²) in [4.78, 5) is 23.6. The highest BCUT2D eigenvalue weighted by Crippen LogP contribution is 2.30. The van der Waals surface area contributed by atoms with Crippen molar-refractivity contribution >= 4 is 17.7 Å². The molecule has 136 valence electrons. The zero-order valence-electron chi connectivity index (χ0n) is 15.1. The summed E-state index contributed by atoms with van der Waals surface area (Å²) in [5.41, 5.74) is 11.1. The van der Waals surface area contributed by atoms with Crippen molar-refractivity contribution in [1.29, 1.82) is 0 Å². The number of anilines is 1. The van der Waals surface area contributed by atoms with Crippen molar-refractivity contribution in [3.8, 4) is 11.3 Å². The molecule has 2 aromatic rings. The zero-order valence-corrected chi connectivity index (χ0v) is 15.1. The lowest BCUT2D eigenvalue weighted by Crippen LogP contribution is -2.20. The summed E-state index contributed by atoms with van der Waals surface area (Å²) in [7, 11) is 0. The monoisotopic (exact) mass is 354 g/mol. The summed E-state index contributed by atoms with van der Waals surface area (Å²) in [6.07, 6.45) is 0.491. The van der Waals surface area contributed by atoms with Crippen LogP contribution in [0.15, 0.2) is 35.4 Å². The van der Waals surface area contributed by atoms with Gasteiger partial charge < -0.3 is 4.74 Å². The van der Waals surface area contributed by atoms with Crippen LogP contribution in [0.4, 0.5) is 11.8 Å². The molecule has 1 amide bonds. The second kappa shape index (κ2) is 9.50. The molecule has 0 aliphatic carbocycles. The molecule has 0 unspecified atom stereocenters. The van der Waals surface area contributed by atoms with Gasteiger partial charge in [0, 0.05) is 28.6 Å². The van der Waals surface area contributed by atoms with E-state index in [1.54, 1.807) is 13.8 Å². The van der Waals surface area contributed by atoms with Crippen molar-refractivity contribution in [2.24, 2.45) is 11.0 Å². The highest BCUT2D eigenvalue weighted by molar-refractivity contribution is 5.91. The molecule has 8 nitrogen and oxygen atoms in total. The molecule has 0 fully saturated rings. The number of hydrogen-bond donors (Lipinski definition) is 1. The first-order chi connectivity index (χ1) is 12.6. The summed E-state index contributed by atoms with van der Waals surface area (Å²) in [6.45, 7) is 6.50. The van der Waals surface area contributed by atoms with E-state index in [2.05, 4.69) is 25.3 Å². The molecule has 1 aromatic heterocycles. The fourth-order valence-corrected chi connectivity index (χ4v) is 2.29. The molecule has 0 radical (unpaired) electrons. The van der Waals surface area contributed by atoms with Gasteiger partial charge in [0.05, 0.1) is 12.3 Å². The predicted octanol–water partition coefficient (Wildman–Crippen LogP) is 4.26. The van der Waals surface area contributed by atoms with Crippen molar-refractivity contribution in [3.63, 3.8) is 0 Å². The van der Waals surface area contributed by atoms with Gasteiger partial charge in [0.1, 0.15) is 5.82 Å². The maximum atomic E-state index is 12.0. The quantitative estimate of drug-likeness (QED) is 0.330. The van der Waals surface area contributed by atoms with Gasteiger partial charge in [-0.15, -0.1) is 0 Å². The zero-order chi connectivity index (χ0) is 18.9. The predicted molar refractivity (Wildman–Crippen MR) is 99.9 cm³/mol.